The summed E-state index contributed by atoms with van der Waals surface area (Å²) >= 11 is 0. The number of hydrogen-bond acceptors (Lipinski definition) is 1. The molecule has 0 fully saturated rings. The lowest BCUT2D eigenvalue weighted by Gasteiger charge is -2.30. The zero-order valence-electron chi connectivity index (χ0n) is 19.1. The Kier molecular flexibility index (Phi) is 3.81. The fraction of sp³-hybridized carbons (Fsp3) is 0.0606. The zero-order chi connectivity index (χ0) is 22.9. The van der Waals surface area contributed by atoms with Crippen LogP contribution >= 0.6 is 0 Å². The summed E-state index contributed by atoms with van der Waals surface area (Å²) < 4.78 is 2.33. The Bertz CT molecular complexity index is 1930. The average Bonchev–Trinajstić information content (AvgIpc) is 3.33. The first-order chi connectivity index (χ1) is 17.4. The van der Waals surface area contributed by atoms with Crippen LogP contribution in [0, 0.1) is 0 Å². The van der Waals surface area contributed by atoms with Crippen LogP contribution in [-0.4, -0.2) is 9.38 Å². The largest absolute Gasteiger partial charge is 0.292 e. The SMILES string of the molecule is C1=CCC2C(=C1)C(c1ccc3c(c1)c1ccccc1c1nc4ccccc4n31)=Cc1ccccc12. The first-order valence-electron chi connectivity index (χ1n) is 12.3. The highest BCUT2D eigenvalue weighted by Gasteiger charge is 2.27. The molecule has 0 amide bonds. The molecule has 1 unspecified atom stereocenters. The molecule has 0 spiro atoms. The second kappa shape index (κ2) is 7.04. The quantitative estimate of drug-likeness (QED) is 0.232. The Hall–Kier alpha value is -4.43. The third-order valence-corrected chi connectivity index (χ3v) is 7.71. The van der Waals surface area contributed by atoms with Crippen molar-refractivity contribution in [2.24, 2.45) is 0 Å². The molecule has 4 aromatic carbocycles. The molecule has 1 atom stereocenters. The second-order valence-electron chi connectivity index (χ2n) is 9.56. The topological polar surface area (TPSA) is 17.3 Å². The summed E-state index contributed by atoms with van der Waals surface area (Å²) in [6.45, 7) is 0. The monoisotopic (exact) mass is 446 g/mol. The van der Waals surface area contributed by atoms with Gasteiger partial charge in [0.2, 0.25) is 0 Å². The van der Waals surface area contributed by atoms with Gasteiger partial charge in [-0.15, -0.1) is 0 Å². The van der Waals surface area contributed by atoms with Gasteiger partial charge in [-0.1, -0.05) is 85.0 Å². The van der Waals surface area contributed by atoms with Crippen LogP contribution in [0.15, 0.2) is 115 Å². The number of allylic oxidation sites excluding steroid dienone is 5. The van der Waals surface area contributed by atoms with Crippen LogP contribution < -0.4 is 0 Å². The van der Waals surface area contributed by atoms with E-state index < -0.39 is 0 Å². The summed E-state index contributed by atoms with van der Waals surface area (Å²) in [6, 6.07) is 32.9. The molecule has 0 aliphatic heterocycles. The van der Waals surface area contributed by atoms with E-state index >= 15 is 0 Å². The molecule has 164 valence electrons. The number of pyridine rings is 1. The van der Waals surface area contributed by atoms with Crippen LogP contribution in [0.4, 0.5) is 0 Å². The van der Waals surface area contributed by atoms with Gasteiger partial charge in [0.25, 0.3) is 0 Å². The van der Waals surface area contributed by atoms with Crippen molar-refractivity contribution in [3.05, 3.63) is 131 Å². The van der Waals surface area contributed by atoms with Crippen LogP contribution in [0.3, 0.4) is 0 Å². The second-order valence-corrected chi connectivity index (χ2v) is 9.56. The lowest BCUT2D eigenvalue weighted by molar-refractivity contribution is 0.816. The summed E-state index contributed by atoms with van der Waals surface area (Å²) in [5.41, 5.74) is 11.2. The predicted molar refractivity (Wildman–Crippen MR) is 147 cm³/mol. The minimum absolute atomic E-state index is 0.420. The third kappa shape index (κ3) is 2.62. The van der Waals surface area contributed by atoms with Gasteiger partial charge in [-0.05, 0) is 70.0 Å². The lowest BCUT2D eigenvalue weighted by atomic mass is 9.74. The Morgan fingerprint density at radius 2 is 1.57 bits per heavy atom. The summed E-state index contributed by atoms with van der Waals surface area (Å²) in [4.78, 5) is 5.02. The normalized spacial score (nSPS) is 17.0. The first kappa shape index (κ1) is 18.9. The standard InChI is InChI=1S/C33H22N2/c1-2-10-23-21(9-1)19-28(25-12-4-3-11-24(23)25)22-17-18-31-29(20-22)26-13-5-6-14-27(26)33-34-30-15-7-8-16-32(30)35(31)33/h1-10,12-20,24H,11H2. The molecule has 2 nitrogen and oxygen atoms in total. The molecule has 2 aliphatic rings. The van der Waals surface area contributed by atoms with Crippen molar-refractivity contribution in [2.45, 2.75) is 12.3 Å². The van der Waals surface area contributed by atoms with E-state index in [0.29, 0.717) is 5.92 Å². The molecular weight excluding hydrogens is 424 g/mol. The summed E-state index contributed by atoms with van der Waals surface area (Å²) in [5.74, 6) is 0.420. The van der Waals surface area contributed by atoms with Crippen molar-refractivity contribution in [1.29, 1.82) is 0 Å². The van der Waals surface area contributed by atoms with Crippen LogP contribution in [-0.2, 0) is 0 Å². The molecule has 8 rings (SSSR count). The van der Waals surface area contributed by atoms with E-state index in [-0.39, 0.29) is 0 Å². The van der Waals surface area contributed by atoms with Gasteiger partial charge < -0.3 is 0 Å². The molecule has 0 N–H and O–H groups in total. The molecule has 0 bridgehead atoms. The maximum Gasteiger partial charge on any atom is 0.146 e. The van der Waals surface area contributed by atoms with E-state index in [2.05, 4.69) is 120 Å². The molecule has 0 saturated carbocycles. The number of aromatic nitrogens is 2. The summed E-state index contributed by atoms with van der Waals surface area (Å²) in [6.07, 6.45) is 10.3. The summed E-state index contributed by atoms with van der Waals surface area (Å²) in [5, 5.41) is 3.70. The van der Waals surface area contributed by atoms with Crippen LogP contribution in [0.2, 0.25) is 0 Å². The highest BCUT2D eigenvalue weighted by atomic mass is 15.0. The molecule has 2 heterocycles. The lowest BCUT2D eigenvalue weighted by Crippen LogP contribution is -2.12. The van der Waals surface area contributed by atoms with E-state index in [9.17, 15) is 0 Å². The summed E-state index contributed by atoms with van der Waals surface area (Å²) in [7, 11) is 0. The van der Waals surface area contributed by atoms with Gasteiger partial charge in [-0.3, -0.25) is 4.40 Å². The van der Waals surface area contributed by atoms with Gasteiger partial charge in [-0.2, -0.15) is 0 Å². The van der Waals surface area contributed by atoms with Crippen LogP contribution in [0.25, 0.3) is 50.0 Å². The Labute approximate surface area is 203 Å². The predicted octanol–water partition coefficient (Wildman–Crippen LogP) is 8.32. The minimum Gasteiger partial charge on any atom is -0.292 e. The van der Waals surface area contributed by atoms with E-state index in [1.54, 1.807) is 0 Å². The van der Waals surface area contributed by atoms with Crippen molar-refractivity contribution in [2.75, 3.05) is 0 Å². The number of benzene rings is 4. The first-order valence-corrected chi connectivity index (χ1v) is 12.3. The van der Waals surface area contributed by atoms with Gasteiger partial charge in [0.1, 0.15) is 5.65 Å². The number of para-hydroxylation sites is 2. The third-order valence-electron chi connectivity index (χ3n) is 7.71. The average molecular weight is 447 g/mol. The van der Waals surface area contributed by atoms with E-state index in [4.69, 9.17) is 4.98 Å². The minimum atomic E-state index is 0.420. The van der Waals surface area contributed by atoms with Crippen molar-refractivity contribution < 1.29 is 0 Å². The Morgan fingerprint density at radius 1 is 0.743 bits per heavy atom. The van der Waals surface area contributed by atoms with Crippen LogP contribution in [0.1, 0.15) is 29.0 Å². The molecule has 6 aromatic rings. The van der Waals surface area contributed by atoms with E-state index in [1.807, 2.05) is 0 Å². The fourth-order valence-electron chi connectivity index (χ4n) is 6.13. The molecule has 2 aromatic heterocycles. The highest BCUT2D eigenvalue weighted by Crippen LogP contribution is 2.46. The van der Waals surface area contributed by atoms with Crippen LogP contribution in [0.5, 0.6) is 0 Å². The van der Waals surface area contributed by atoms with Crippen molar-refractivity contribution in [1.82, 2.24) is 9.38 Å². The van der Waals surface area contributed by atoms with Crippen molar-refractivity contribution in [3.8, 4) is 0 Å². The Balaban J connectivity index is 1.47. The number of rotatable bonds is 1. The van der Waals surface area contributed by atoms with Gasteiger partial charge in [0.05, 0.1) is 16.6 Å². The number of imidazole rings is 1. The van der Waals surface area contributed by atoms with Gasteiger partial charge >= 0.3 is 0 Å². The maximum atomic E-state index is 5.02. The van der Waals surface area contributed by atoms with Crippen molar-refractivity contribution in [3.63, 3.8) is 0 Å². The molecule has 2 aliphatic carbocycles. The highest BCUT2D eigenvalue weighted by molar-refractivity contribution is 6.14. The van der Waals surface area contributed by atoms with E-state index in [0.717, 1.165) is 23.1 Å². The van der Waals surface area contributed by atoms with Crippen molar-refractivity contribution >= 4 is 50.0 Å². The molecular formula is C33H22N2. The van der Waals surface area contributed by atoms with E-state index in [1.165, 1.54) is 49.5 Å². The maximum absolute atomic E-state index is 5.02. The molecule has 0 radical (unpaired) electrons. The van der Waals surface area contributed by atoms with Gasteiger partial charge in [-0.25, -0.2) is 4.98 Å². The van der Waals surface area contributed by atoms with Gasteiger partial charge in [0.15, 0.2) is 0 Å². The Morgan fingerprint density at radius 3 is 2.54 bits per heavy atom. The fourth-order valence-corrected chi connectivity index (χ4v) is 6.13. The molecule has 35 heavy (non-hydrogen) atoms. The molecule has 2 heteroatoms. The number of fused-ring (bicyclic) bond motifs is 11. The molecule has 0 saturated heterocycles. The number of hydrogen-bond donors (Lipinski definition) is 0. The zero-order valence-corrected chi connectivity index (χ0v) is 19.1. The van der Waals surface area contributed by atoms with Gasteiger partial charge in [0, 0.05) is 16.7 Å². The smallest absolute Gasteiger partial charge is 0.146 e. The number of nitrogens with zero attached hydrogens (tertiary/aromatic N) is 2.